The third kappa shape index (κ3) is 4.72. The van der Waals surface area contributed by atoms with Gasteiger partial charge in [0.05, 0.1) is 30.9 Å². The molecule has 3 heterocycles. The summed E-state index contributed by atoms with van der Waals surface area (Å²) in [5, 5.41) is 20.7. The van der Waals surface area contributed by atoms with E-state index in [-0.39, 0.29) is 11.6 Å². The SMILES string of the molecule is N#Cc1cnc(Nc2cc(OCC3CCN(C(=O)O)CC3)c(N)cn2)cn1. The van der Waals surface area contributed by atoms with Crippen molar-refractivity contribution < 1.29 is 14.6 Å². The number of carboxylic acid groups (broad SMARTS) is 1. The number of hydrogen-bond donors (Lipinski definition) is 3. The summed E-state index contributed by atoms with van der Waals surface area (Å²) in [6, 6.07) is 3.57. The Hall–Kier alpha value is -3.61. The van der Waals surface area contributed by atoms with Crippen LogP contribution in [0, 0.1) is 17.2 Å². The highest BCUT2D eigenvalue weighted by Gasteiger charge is 2.22. The molecule has 0 bridgehead atoms. The van der Waals surface area contributed by atoms with Crippen molar-refractivity contribution in [3.05, 3.63) is 30.4 Å². The van der Waals surface area contributed by atoms with E-state index in [1.807, 2.05) is 6.07 Å². The van der Waals surface area contributed by atoms with Gasteiger partial charge in [0.25, 0.3) is 0 Å². The number of anilines is 3. The molecule has 0 unspecified atom stereocenters. The van der Waals surface area contributed by atoms with Gasteiger partial charge in [0, 0.05) is 19.2 Å². The lowest BCUT2D eigenvalue weighted by Gasteiger charge is -2.29. The van der Waals surface area contributed by atoms with Crippen molar-refractivity contribution >= 4 is 23.4 Å². The number of hydrogen-bond acceptors (Lipinski definition) is 8. The van der Waals surface area contributed by atoms with E-state index in [0.29, 0.717) is 42.8 Å². The van der Waals surface area contributed by atoms with Crippen molar-refractivity contribution in [1.82, 2.24) is 19.9 Å². The maximum atomic E-state index is 10.9. The monoisotopic (exact) mass is 369 g/mol. The zero-order valence-electron chi connectivity index (χ0n) is 14.5. The molecule has 1 fully saturated rings. The van der Waals surface area contributed by atoms with Crippen LogP contribution in [0.3, 0.4) is 0 Å². The average Bonchev–Trinajstić information content (AvgIpc) is 2.69. The number of nitrogen functional groups attached to an aromatic ring is 1. The Morgan fingerprint density at radius 1 is 1.30 bits per heavy atom. The number of nitriles is 1. The summed E-state index contributed by atoms with van der Waals surface area (Å²) in [5.41, 5.74) is 6.57. The fraction of sp³-hybridized carbons (Fsp3) is 0.353. The second kappa shape index (κ2) is 8.18. The summed E-state index contributed by atoms with van der Waals surface area (Å²) in [4.78, 5) is 24.6. The summed E-state index contributed by atoms with van der Waals surface area (Å²) >= 11 is 0. The Balaban J connectivity index is 1.58. The minimum atomic E-state index is -0.880. The number of aromatic nitrogens is 3. The highest BCUT2D eigenvalue weighted by molar-refractivity contribution is 5.65. The van der Waals surface area contributed by atoms with E-state index in [9.17, 15) is 4.79 Å². The van der Waals surface area contributed by atoms with E-state index < -0.39 is 6.09 Å². The Morgan fingerprint density at radius 3 is 2.67 bits per heavy atom. The second-order valence-corrected chi connectivity index (χ2v) is 6.16. The Kier molecular flexibility index (Phi) is 5.51. The van der Waals surface area contributed by atoms with Gasteiger partial charge in [-0.05, 0) is 18.8 Å². The van der Waals surface area contributed by atoms with Gasteiger partial charge in [-0.15, -0.1) is 0 Å². The maximum Gasteiger partial charge on any atom is 0.407 e. The molecule has 0 aliphatic carbocycles. The van der Waals surface area contributed by atoms with Gasteiger partial charge in [-0.1, -0.05) is 0 Å². The first-order valence-corrected chi connectivity index (χ1v) is 8.40. The molecule has 1 saturated heterocycles. The molecule has 27 heavy (non-hydrogen) atoms. The quantitative estimate of drug-likeness (QED) is 0.717. The number of rotatable bonds is 5. The van der Waals surface area contributed by atoms with Crippen LogP contribution in [-0.2, 0) is 0 Å². The fourth-order valence-electron chi connectivity index (χ4n) is 2.72. The van der Waals surface area contributed by atoms with Gasteiger partial charge in [0.2, 0.25) is 0 Å². The van der Waals surface area contributed by atoms with E-state index in [4.69, 9.17) is 20.8 Å². The van der Waals surface area contributed by atoms with E-state index >= 15 is 0 Å². The van der Waals surface area contributed by atoms with Crippen molar-refractivity contribution in [2.75, 3.05) is 30.7 Å². The van der Waals surface area contributed by atoms with Crippen LogP contribution < -0.4 is 15.8 Å². The largest absolute Gasteiger partial charge is 0.491 e. The standard InChI is InChI=1S/C17H19N7O3/c18-6-12-7-21-16(9-20-12)23-15-5-14(13(19)8-22-15)27-10-11-1-3-24(4-2-11)17(25)26/h5,7-9,11H,1-4,10,19H2,(H,25,26)(H,21,22,23). The summed E-state index contributed by atoms with van der Waals surface area (Å²) < 4.78 is 5.84. The number of piperidine rings is 1. The Bertz CT molecular complexity index is 843. The fourth-order valence-corrected chi connectivity index (χ4v) is 2.72. The van der Waals surface area contributed by atoms with Crippen LogP contribution >= 0.6 is 0 Å². The number of pyridine rings is 1. The van der Waals surface area contributed by atoms with Crippen molar-refractivity contribution in [3.63, 3.8) is 0 Å². The molecule has 3 rings (SSSR count). The molecule has 4 N–H and O–H groups in total. The molecule has 2 aromatic rings. The number of amides is 1. The molecule has 0 spiro atoms. The van der Waals surface area contributed by atoms with Gasteiger partial charge in [0.15, 0.2) is 5.69 Å². The van der Waals surface area contributed by atoms with Crippen molar-refractivity contribution in [3.8, 4) is 11.8 Å². The van der Waals surface area contributed by atoms with E-state index in [0.717, 1.165) is 12.8 Å². The summed E-state index contributed by atoms with van der Waals surface area (Å²) in [6.45, 7) is 1.48. The van der Waals surface area contributed by atoms with Gasteiger partial charge >= 0.3 is 6.09 Å². The molecule has 1 aliphatic heterocycles. The third-order valence-corrected chi connectivity index (χ3v) is 4.28. The summed E-state index contributed by atoms with van der Waals surface area (Å²) in [7, 11) is 0. The van der Waals surface area contributed by atoms with Gasteiger partial charge < -0.3 is 25.8 Å². The zero-order chi connectivity index (χ0) is 19.2. The summed E-state index contributed by atoms with van der Waals surface area (Å²) in [6.07, 6.45) is 4.91. The van der Waals surface area contributed by atoms with E-state index in [1.54, 1.807) is 6.07 Å². The molecule has 0 aromatic carbocycles. The van der Waals surface area contributed by atoms with Gasteiger partial charge in [-0.3, -0.25) is 0 Å². The molecule has 10 nitrogen and oxygen atoms in total. The number of nitrogens with zero attached hydrogens (tertiary/aromatic N) is 5. The lowest BCUT2D eigenvalue weighted by atomic mass is 9.98. The lowest BCUT2D eigenvalue weighted by Crippen LogP contribution is -2.38. The molecule has 10 heteroatoms. The maximum absolute atomic E-state index is 10.9. The van der Waals surface area contributed by atoms with Crippen molar-refractivity contribution in [2.24, 2.45) is 5.92 Å². The first-order chi connectivity index (χ1) is 13.0. The molecular formula is C17H19N7O3. The van der Waals surface area contributed by atoms with Crippen molar-refractivity contribution in [2.45, 2.75) is 12.8 Å². The van der Waals surface area contributed by atoms with Gasteiger partial charge in [-0.25, -0.2) is 19.7 Å². The number of nitrogens with one attached hydrogen (secondary N) is 1. The zero-order valence-corrected chi connectivity index (χ0v) is 14.5. The van der Waals surface area contributed by atoms with E-state index in [1.165, 1.54) is 23.5 Å². The predicted molar refractivity (Wildman–Crippen MR) is 96.5 cm³/mol. The van der Waals surface area contributed by atoms with E-state index in [2.05, 4.69) is 20.3 Å². The second-order valence-electron chi connectivity index (χ2n) is 6.16. The minimum absolute atomic E-state index is 0.226. The molecule has 1 aliphatic rings. The summed E-state index contributed by atoms with van der Waals surface area (Å²) in [5.74, 6) is 1.70. The topological polar surface area (TPSA) is 150 Å². The van der Waals surface area contributed by atoms with Crippen LogP contribution in [0.15, 0.2) is 24.7 Å². The third-order valence-electron chi connectivity index (χ3n) is 4.28. The van der Waals surface area contributed by atoms with Crippen LogP contribution in [-0.4, -0.2) is 50.7 Å². The minimum Gasteiger partial charge on any atom is -0.491 e. The Labute approximate surface area is 155 Å². The molecule has 0 atom stereocenters. The molecule has 140 valence electrons. The van der Waals surface area contributed by atoms with Gasteiger partial charge in [0.1, 0.15) is 23.5 Å². The molecule has 0 saturated carbocycles. The molecule has 0 radical (unpaired) electrons. The number of carbonyl (C=O) groups is 1. The van der Waals surface area contributed by atoms with Gasteiger partial charge in [-0.2, -0.15) is 5.26 Å². The van der Waals surface area contributed by atoms with Crippen LogP contribution in [0.1, 0.15) is 18.5 Å². The average molecular weight is 369 g/mol. The van der Waals surface area contributed by atoms with Crippen LogP contribution in [0.2, 0.25) is 0 Å². The highest BCUT2D eigenvalue weighted by atomic mass is 16.5. The molecule has 2 aromatic heterocycles. The van der Waals surface area contributed by atoms with Crippen LogP contribution in [0.25, 0.3) is 0 Å². The van der Waals surface area contributed by atoms with Crippen LogP contribution in [0.4, 0.5) is 22.1 Å². The normalized spacial score (nSPS) is 14.4. The van der Waals surface area contributed by atoms with Crippen molar-refractivity contribution in [1.29, 1.82) is 5.26 Å². The number of nitrogens with two attached hydrogens (primary N) is 1. The predicted octanol–water partition coefficient (Wildman–Crippen LogP) is 1.84. The highest BCUT2D eigenvalue weighted by Crippen LogP contribution is 2.26. The Morgan fingerprint density at radius 2 is 2.04 bits per heavy atom. The first-order valence-electron chi connectivity index (χ1n) is 8.40. The molecule has 1 amide bonds. The smallest absolute Gasteiger partial charge is 0.407 e. The van der Waals surface area contributed by atoms with Crippen LogP contribution in [0.5, 0.6) is 5.75 Å². The number of ether oxygens (including phenoxy) is 1. The lowest BCUT2D eigenvalue weighted by molar-refractivity contribution is 0.112. The first kappa shape index (κ1) is 18.2. The number of likely N-dealkylation sites (tertiary alicyclic amines) is 1. The molecular weight excluding hydrogens is 350 g/mol.